The smallest absolute Gasteiger partial charge is 0.251 e. The largest absolute Gasteiger partial charge is 0.349 e. The van der Waals surface area contributed by atoms with E-state index in [1.54, 1.807) is 0 Å². The van der Waals surface area contributed by atoms with E-state index >= 15 is 0 Å². The van der Waals surface area contributed by atoms with E-state index in [2.05, 4.69) is 5.32 Å². The second-order valence-corrected chi connectivity index (χ2v) is 7.05. The van der Waals surface area contributed by atoms with E-state index in [0.29, 0.717) is 6.04 Å². The molecule has 3 fully saturated rings. The molecule has 0 aromatic heterocycles. The summed E-state index contributed by atoms with van der Waals surface area (Å²) in [7, 11) is 0. The van der Waals surface area contributed by atoms with Gasteiger partial charge in [-0.05, 0) is 67.9 Å². The third-order valence-electron chi connectivity index (χ3n) is 6.13. The van der Waals surface area contributed by atoms with Crippen LogP contribution in [0, 0.1) is 30.6 Å². The van der Waals surface area contributed by atoms with Crippen molar-refractivity contribution in [2.45, 2.75) is 45.1 Å². The Hall–Kier alpha value is -1.31. The average molecular weight is 269 g/mol. The van der Waals surface area contributed by atoms with Gasteiger partial charge in [-0.15, -0.1) is 0 Å². The second-order valence-electron chi connectivity index (χ2n) is 7.05. The van der Waals surface area contributed by atoms with Crippen LogP contribution < -0.4 is 5.32 Å². The number of hydrogen-bond donors (Lipinski definition) is 1. The molecule has 2 nitrogen and oxygen atoms in total. The normalized spacial score (nSPS) is 38.0. The highest BCUT2D eigenvalue weighted by atomic mass is 16.1. The first-order valence-electron chi connectivity index (χ1n) is 8.10. The Bertz CT molecular complexity index is 538. The molecule has 2 bridgehead atoms. The predicted octanol–water partition coefficient (Wildman–Crippen LogP) is 3.55. The zero-order valence-corrected chi connectivity index (χ0v) is 12.1. The number of nitrogens with one attached hydrogen (secondary N) is 1. The van der Waals surface area contributed by atoms with E-state index in [9.17, 15) is 4.79 Å². The highest BCUT2D eigenvalue weighted by Gasteiger charge is 2.54. The Kier molecular flexibility index (Phi) is 2.87. The standard InChI is InChI=1S/C18H23NO/c1-11-5-2-3-6-13(11)18(20)19-17-10-12-9-16(17)15-8-4-7-14(12)15/h2-3,5-6,12,14-17H,4,7-10H2,1H3,(H,19,20). The lowest BCUT2D eigenvalue weighted by atomic mass is 9.79. The van der Waals surface area contributed by atoms with Crippen molar-refractivity contribution in [2.75, 3.05) is 0 Å². The van der Waals surface area contributed by atoms with Gasteiger partial charge in [0.05, 0.1) is 0 Å². The maximum absolute atomic E-state index is 12.5. The lowest BCUT2D eigenvalue weighted by Crippen LogP contribution is -2.42. The molecule has 3 saturated carbocycles. The van der Waals surface area contributed by atoms with Crippen molar-refractivity contribution in [2.24, 2.45) is 23.7 Å². The van der Waals surface area contributed by atoms with Crippen LogP contribution in [0.15, 0.2) is 24.3 Å². The highest BCUT2D eigenvalue weighted by molar-refractivity contribution is 5.95. The fourth-order valence-corrected chi connectivity index (χ4v) is 5.31. The van der Waals surface area contributed by atoms with Gasteiger partial charge >= 0.3 is 0 Å². The number of benzene rings is 1. The third kappa shape index (κ3) is 1.81. The van der Waals surface area contributed by atoms with Gasteiger partial charge in [-0.1, -0.05) is 24.6 Å². The van der Waals surface area contributed by atoms with Crippen LogP contribution in [0.3, 0.4) is 0 Å². The number of carbonyl (C=O) groups excluding carboxylic acids is 1. The molecule has 3 aliphatic rings. The average Bonchev–Trinajstić information content (AvgIpc) is 3.10. The molecule has 1 amide bonds. The van der Waals surface area contributed by atoms with Gasteiger partial charge in [0, 0.05) is 11.6 Å². The summed E-state index contributed by atoms with van der Waals surface area (Å²) < 4.78 is 0. The SMILES string of the molecule is Cc1ccccc1C(=O)NC1CC2CC1C1CCCC21. The van der Waals surface area contributed by atoms with Crippen LogP contribution in [0.25, 0.3) is 0 Å². The molecule has 5 atom stereocenters. The van der Waals surface area contributed by atoms with E-state index in [0.717, 1.165) is 34.8 Å². The third-order valence-corrected chi connectivity index (χ3v) is 6.13. The van der Waals surface area contributed by atoms with Crippen molar-refractivity contribution in [1.29, 1.82) is 0 Å². The van der Waals surface area contributed by atoms with Crippen LogP contribution in [0.4, 0.5) is 0 Å². The van der Waals surface area contributed by atoms with Crippen molar-refractivity contribution < 1.29 is 4.79 Å². The van der Waals surface area contributed by atoms with Crippen molar-refractivity contribution in [3.63, 3.8) is 0 Å². The molecular formula is C18H23NO. The summed E-state index contributed by atoms with van der Waals surface area (Å²) in [5.74, 6) is 3.70. The molecule has 20 heavy (non-hydrogen) atoms. The molecule has 0 heterocycles. The minimum absolute atomic E-state index is 0.134. The monoisotopic (exact) mass is 269 g/mol. The number of carbonyl (C=O) groups is 1. The lowest BCUT2D eigenvalue weighted by Gasteiger charge is -2.32. The quantitative estimate of drug-likeness (QED) is 0.874. The van der Waals surface area contributed by atoms with Gasteiger partial charge in [-0.25, -0.2) is 0 Å². The molecule has 0 aliphatic heterocycles. The van der Waals surface area contributed by atoms with Gasteiger partial charge in [0.15, 0.2) is 0 Å². The van der Waals surface area contributed by atoms with E-state index in [-0.39, 0.29) is 5.91 Å². The highest BCUT2D eigenvalue weighted by Crippen LogP contribution is 2.58. The molecule has 2 heteroatoms. The van der Waals surface area contributed by atoms with Crippen LogP contribution in [-0.2, 0) is 0 Å². The number of amides is 1. The van der Waals surface area contributed by atoms with Crippen molar-refractivity contribution in [3.05, 3.63) is 35.4 Å². The summed E-state index contributed by atoms with van der Waals surface area (Å²) in [6, 6.07) is 8.34. The van der Waals surface area contributed by atoms with E-state index in [4.69, 9.17) is 0 Å². The maximum atomic E-state index is 12.5. The maximum Gasteiger partial charge on any atom is 0.251 e. The van der Waals surface area contributed by atoms with Gasteiger partial charge < -0.3 is 5.32 Å². The number of hydrogen-bond acceptors (Lipinski definition) is 1. The van der Waals surface area contributed by atoms with Crippen LogP contribution in [-0.4, -0.2) is 11.9 Å². The van der Waals surface area contributed by atoms with Crippen molar-refractivity contribution >= 4 is 5.91 Å². The number of rotatable bonds is 2. The molecule has 1 aromatic rings. The second kappa shape index (κ2) is 4.61. The lowest BCUT2D eigenvalue weighted by molar-refractivity contribution is 0.0900. The fraction of sp³-hybridized carbons (Fsp3) is 0.611. The summed E-state index contributed by atoms with van der Waals surface area (Å²) in [5, 5.41) is 3.34. The zero-order chi connectivity index (χ0) is 13.7. The Balaban J connectivity index is 1.48. The van der Waals surface area contributed by atoms with E-state index < -0.39 is 0 Å². The molecule has 0 saturated heterocycles. The zero-order valence-electron chi connectivity index (χ0n) is 12.1. The van der Waals surface area contributed by atoms with E-state index in [1.807, 2.05) is 31.2 Å². The fourth-order valence-electron chi connectivity index (χ4n) is 5.31. The van der Waals surface area contributed by atoms with Crippen molar-refractivity contribution in [1.82, 2.24) is 5.32 Å². The Morgan fingerprint density at radius 2 is 1.90 bits per heavy atom. The minimum Gasteiger partial charge on any atom is -0.349 e. The molecule has 1 aromatic carbocycles. The first kappa shape index (κ1) is 12.4. The molecule has 0 radical (unpaired) electrons. The first-order chi connectivity index (χ1) is 9.74. The van der Waals surface area contributed by atoms with Gasteiger partial charge in [0.25, 0.3) is 5.91 Å². The summed E-state index contributed by atoms with van der Waals surface area (Å²) >= 11 is 0. The summed E-state index contributed by atoms with van der Waals surface area (Å²) in [6.07, 6.45) is 6.87. The Morgan fingerprint density at radius 1 is 1.10 bits per heavy atom. The van der Waals surface area contributed by atoms with Gasteiger partial charge in [0.2, 0.25) is 0 Å². The molecule has 0 spiro atoms. The molecule has 1 N–H and O–H groups in total. The minimum atomic E-state index is 0.134. The topological polar surface area (TPSA) is 29.1 Å². The Morgan fingerprint density at radius 3 is 2.75 bits per heavy atom. The summed E-state index contributed by atoms with van der Waals surface area (Å²) in [6.45, 7) is 2.02. The van der Waals surface area contributed by atoms with Crippen LogP contribution in [0.1, 0.15) is 48.0 Å². The number of aryl methyl sites for hydroxylation is 1. The van der Waals surface area contributed by atoms with Crippen LogP contribution in [0.2, 0.25) is 0 Å². The summed E-state index contributed by atoms with van der Waals surface area (Å²) in [5.41, 5.74) is 1.92. The van der Waals surface area contributed by atoms with Crippen LogP contribution in [0.5, 0.6) is 0 Å². The Labute approximate surface area is 121 Å². The van der Waals surface area contributed by atoms with Crippen molar-refractivity contribution in [3.8, 4) is 0 Å². The number of fused-ring (bicyclic) bond motifs is 5. The van der Waals surface area contributed by atoms with Gasteiger partial charge in [-0.2, -0.15) is 0 Å². The molecule has 106 valence electrons. The van der Waals surface area contributed by atoms with E-state index in [1.165, 1.54) is 32.1 Å². The van der Waals surface area contributed by atoms with Crippen LogP contribution >= 0.6 is 0 Å². The first-order valence-corrected chi connectivity index (χ1v) is 8.10. The molecule has 3 aliphatic carbocycles. The summed E-state index contributed by atoms with van der Waals surface area (Å²) in [4.78, 5) is 12.5. The molecule has 5 unspecified atom stereocenters. The van der Waals surface area contributed by atoms with Gasteiger partial charge in [-0.3, -0.25) is 4.79 Å². The molecular weight excluding hydrogens is 246 g/mol. The molecule has 4 rings (SSSR count). The predicted molar refractivity (Wildman–Crippen MR) is 79.5 cm³/mol. The van der Waals surface area contributed by atoms with Gasteiger partial charge in [0.1, 0.15) is 0 Å².